The van der Waals surface area contributed by atoms with Gasteiger partial charge in [0.15, 0.2) is 0 Å². The lowest BCUT2D eigenvalue weighted by Gasteiger charge is -2.04. The summed E-state index contributed by atoms with van der Waals surface area (Å²) < 4.78 is 0. The average Bonchev–Trinajstić information content (AvgIpc) is 2.45. The van der Waals surface area contributed by atoms with Gasteiger partial charge in [0.2, 0.25) is 0 Å². The molecule has 19 heavy (non-hydrogen) atoms. The van der Waals surface area contributed by atoms with Crippen molar-refractivity contribution in [2.75, 3.05) is 5.75 Å². The van der Waals surface area contributed by atoms with Gasteiger partial charge in [-0.1, -0.05) is 41.6 Å². The fourth-order valence-corrected chi connectivity index (χ4v) is 3.11. The van der Waals surface area contributed by atoms with E-state index in [9.17, 15) is 0 Å². The molecule has 0 saturated heterocycles. The van der Waals surface area contributed by atoms with Gasteiger partial charge in [0.05, 0.1) is 11.8 Å². The van der Waals surface area contributed by atoms with Crippen molar-refractivity contribution in [1.29, 1.82) is 5.26 Å². The van der Waals surface area contributed by atoms with Crippen molar-refractivity contribution in [3.05, 3.63) is 47.2 Å². The fourth-order valence-electron chi connectivity index (χ4n) is 1.35. The van der Waals surface area contributed by atoms with Crippen LogP contribution in [0.2, 0.25) is 5.02 Å². The smallest absolute Gasteiger partial charge is 0.117 e. The second kappa shape index (κ2) is 7.39. The summed E-state index contributed by atoms with van der Waals surface area (Å²) in [7, 11) is 0. The number of aromatic nitrogens is 2. The zero-order valence-corrected chi connectivity index (χ0v) is 12.3. The molecule has 0 radical (unpaired) electrons. The standard InChI is InChI=1S/C13H10ClN3S2/c14-11-4-2-1-3-10(11)8-19-13-7-12(16-9-17-13)18-6-5-15/h1-4,7,9H,6,8H2. The lowest BCUT2D eigenvalue weighted by atomic mass is 10.2. The van der Waals surface area contributed by atoms with Crippen molar-refractivity contribution in [2.24, 2.45) is 0 Å². The molecule has 1 heterocycles. The molecule has 0 aliphatic rings. The minimum atomic E-state index is 0.394. The zero-order valence-electron chi connectivity index (χ0n) is 9.91. The number of nitriles is 1. The van der Waals surface area contributed by atoms with E-state index in [2.05, 4.69) is 16.0 Å². The van der Waals surface area contributed by atoms with Gasteiger partial charge in [0, 0.05) is 16.8 Å². The Balaban J connectivity index is 2.00. The van der Waals surface area contributed by atoms with Crippen LogP contribution in [0.25, 0.3) is 0 Å². The van der Waals surface area contributed by atoms with E-state index >= 15 is 0 Å². The van der Waals surface area contributed by atoms with Gasteiger partial charge in [-0.3, -0.25) is 0 Å². The quantitative estimate of drug-likeness (QED) is 0.616. The third-order valence-corrected chi connectivity index (χ3v) is 4.37. The molecule has 0 aliphatic carbocycles. The first-order valence-electron chi connectivity index (χ1n) is 5.47. The van der Waals surface area contributed by atoms with Crippen LogP contribution in [0, 0.1) is 11.3 Å². The molecular formula is C13H10ClN3S2. The minimum absolute atomic E-state index is 0.394. The van der Waals surface area contributed by atoms with Crippen LogP contribution in [0.5, 0.6) is 0 Å². The molecule has 96 valence electrons. The topological polar surface area (TPSA) is 49.6 Å². The summed E-state index contributed by atoms with van der Waals surface area (Å²) in [5, 5.41) is 11.0. The second-order valence-electron chi connectivity index (χ2n) is 3.52. The summed E-state index contributed by atoms with van der Waals surface area (Å²) in [4.78, 5) is 8.32. The molecule has 0 spiro atoms. The van der Waals surface area contributed by atoms with Crippen LogP contribution in [0.1, 0.15) is 5.56 Å². The van der Waals surface area contributed by atoms with E-state index in [1.807, 2.05) is 30.3 Å². The molecule has 0 N–H and O–H groups in total. The van der Waals surface area contributed by atoms with Gasteiger partial charge < -0.3 is 0 Å². The maximum absolute atomic E-state index is 8.55. The highest BCUT2D eigenvalue weighted by molar-refractivity contribution is 7.99. The van der Waals surface area contributed by atoms with Crippen molar-refractivity contribution in [3.63, 3.8) is 0 Å². The normalized spacial score (nSPS) is 10.1. The van der Waals surface area contributed by atoms with Gasteiger partial charge in [-0.15, -0.1) is 11.8 Å². The molecule has 0 atom stereocenters. The number of halogens is 1. The molecule has 1 aromatic carbocycles. The molecule has 3 nitrogen and oxygen atoms in total. The average molecular weight is 308 g/mol. The van der Waals surface area contributed by atoms with E-state index in [0.717, 1.165) is 26.4 Å². The first-order valence-corrected chi connectivity index (χ1v) is 7.82. The summed E-state index contributed by atoms with van der Waals surface area (Å²) in [5.41, 5.74) is 1.08. The monoisotopic (exact) mass is 307 g/mol. The number of thioether (sulfide) groups is 2. The third-order valence-electron chi connectivity index (χ3n) is 2.23. The third kappa shape index (κ3) is 4.43. The van der Waals surface area contributed by atoms with Crippen molar-refractivity contribution >= 4 is 35.1 Å². The number of benzene rings is 1. The van der Waals surface area contributed by atoms with E-state index in [1.165, 1.54) is 18.1 Å². The molecule has 0 fully saturated rings. The van der Waals surface area contributed by atoms with Gasteiger partial charge in [-0.05, 0) is 11.6 Å². The van der Waals surface area contributed by atoms with Crippen LogP contribution < -0.4 is 0 Å². The van der Waals surface area contributed by atoms with E-state index in [0.29, 0.717) is 5.75 Å². The SMILES string of the molecule is N#CCSc1cc(SCc2ccccc2Cl)ncn1. The Labute approximate surface area is 125 Å². The van der Waals surface area contributed by atoms with E-state index in [1.54, 1.807) is 11.8 Å². The summed E-state index contributed by atoms with van der Waals surface area (Å²) in [6.45, 7) is 0. The van der Waals surface area contributed by atoms with E-state index in [4.69, 9.17) is 16.9 Å². The first kappa shape index (κ1) is 14.2. The largest absolute Gasteiger partial charge is 0.230 e. The van der Waals surface area contributed by atoms with Gasteiger partial charge in [-0.2, -0.15) is 5.26 Å². The molecule has 2 rings (SSSR count). The summed E-state index contributed by atoms with van der Waals surface area (Å²) in [6, 6.07) is 11.7. The van der Waals surface area contributed by atoms with Crippen LogP contribution in [0.4, 0.5) is 0 Å². The van der Waals surface area contributed by atoms with Crippen molar-refractivity contribution < 1.29 is 0 Å². The Bertz CT molecular complexity index is 598. The highest BCUT2D eigenvalue weighted by atomic mass is 35.5. The molecule has 1 aromatic heterocycles. The van der Waals surface area contributed by atoms with Crippen LogP contribution >= 0.6 is 35.1 Å². The van der Waals surface area contributed by atoms with Gasteiger partial charge in [0.1, 0.15) is 16.4 Å². The van der Waals surface area contributed by atoms with Crippen LogP contribution in [0.15, 0.2) is 46.7 Å². The first-order chi connectivity index (χ1) is 9.29. The van der Waals surface area contributed by atoms with Crippen molar-refractivity contribution in [1.82, 2.24) is 9.97 Å². The number of hydrogen-bond acceptors (Lipinski definition) is 5. The Kier molecular flexibility index (Phi) is 5.52. The molecule has 0 bridgehead atoms. The maximum Gasteiger partial charge on any atom is 0.117 e. The molecule has 0 aliphatic heterocycles. The maximum atomic E-state index is 8.55. The van der Waals surface area contributed by atoms with E-state index in [-0.39, 0.29) is 0 Å². The summed E-state index contributed by atoms with van der Waals surface area (Å²) in [5.74, 6) is 1.16. The molecule has 2 aromatic rings. The summed E-state index contributed by atoms with van der Waals surface area (Å²) in [6.07, 6.45) is 1.52. The molecule has 0 unspecified atom stereocenters. The number of hydrogen-bond donors (Lipinski definition) is 0. The Hall–Kier alpha value is -1.22. The number of nitrogens with zero attached hydrogens (tertiary/aromatic N) is 3. The van der Waals surface area contributed by atoms with Crippen molar-refractivity contribution in [3.8, 4) is 6.07 Å². The second-order valence-corrected chi connectivity index (χ2v) is 5.92. The minimum Gasteiger partial charge on any atom is -0.230 e. The van der Waals surface area contributed by atoms with Crippen LogP contribution in [-0.2, 0) is 5.75 Å². The highest BCUT2D eigenvalue weighted by Crippen LogP contribution is 2.26. The zero-order chi connectivity index (χ0) is 13.5. The molecule has 0 amide bonds. The number of rotatable bonds is 5. The fraction of sp³-hybridized carbons (Fsp3) is 0.154. The lowest BCUT2D eigenvalue weighted by molar-refractivity contribution is 0.963. The Morgan fingerprint density at radius 3 is 2.63 bits per heavy atom. The Morgan fingerprint density at radius 1 is 1.16 bits per heavy atom. The Morgan fingerprint density at radius 2 is 1.89 bits per heavy atom. The van der Waals surface area contributed by atoms with Crippen LogP contribution in [-0.4, -0.2) is 15.7 Å². The van der Waals surface area contributed by atoms with Gasteiger partial charge >= 0.3 is 0 Å². The van der Waals surface area contributed by atoms with Crippen LogP contribution in [0.3, 0.4) is 0 Å². The van der Waals surface area contributed by atoms with E-state index < -0.39 is 0 Å². The molecular weight excluding hydrogens is 298 g/mol. The molecule has 0 saturated carbocycles. The molecule has 6 heteroatoms. The highest BCUT2D eigenvalue weighted by Gasteiger charge is 2.03. The predicted molar refractivity (Wildman–Crippen MR) is 79.4 cm³/mol. The van der Waals surface area contributed by atoms with Gasteiger partial charge in [-0.25, -0.2) is 9.97 Å². The summed E-state index contributed by atoms with van der Waals surface area (Å²) >= 11 is 9.12. The van der Waals surface area contributed by atoms with Gasteiger partial charge in [0.25, 0.3) is 0 Å². The lowest BCUT2D eigenvalue weighted by Crippen LogP contribution is -1.88. The van der Waals surface area contributed by atoms with Crippen molar-refractivity contribution in [2.45, 2.75) is 15.8 Å². The predicted octanol–water partition coefficient (Wildman–Crippen LogP) is 4.04.